The van der Waals surface area contributed by atoms with Crippen molar-refractivity contribution >= 4 is 6.08 Å². The van der Waals surface area contributed by atoms with Crippen LogP contribution in [0.5, 0.6) is 0 Å². The number of rotatable bonds is 4. The van der Waals surface area contributed by atoms with E-state index in [2.05, 4.69) is 70.2 Å². The topological polar surface area (TPSA) is 0 Å². The van der Waals surface area contributed by atoms with Crippen molar-refractivity contribution < 1.29 is 0 Å². The second-order valence-electron chi connectivity index (χ2n) is 6.80. The predicted molar refractivity (Wildman–Crippen MR) is 97.3 cm³/mol. The van der Waals surface area contributed by atoms with Crippen LogP contribution in [-0.2, 0) is 6.42 Å². The molecule has 0 amide bonds. The first-order chi connectivity index (χ1) is 10.6. The molecule has 0 aliphatic heterocycles. The zero-order chi connectivity index (χ0) is 15.7. The van der Waals surface area contributed by atoms with Crippen LogP contribution in [0.4, 0.5) is 0 Å². The first kappa shape index (κ1) is 15.1. The van der Waals surface area contributed by atoms with Crippen LogP contribution in [0.15, 0.2) is 42.0 Å². The summed E-state index contributed by atoms with van der Waals surface area (Å²) in [5, 5.41) is 0. The van der Waals surface area contributed by atoms with Crippen LogP contribution in [0.1, 0.15) is 61.8 Å². The summed E-state index contributed by atoms with van der Waals surface area (Å²) in [6.45, 7) is 9.10. The average Bonchev–Trinajstić information content (AvgIpc) is 2.89. The Morgan fingerprint density at radius 2 is 1.82 bits per heavy atom. The summed E-state index contributed by atoms with van der Waals surface area (Å²) in [5.74, 6) is 0.545. The smallest absolute Gasteiger partial charge is 0.00576 e. The van der Waals surface area contributed by atoms with Crippen LogP contribution in [0, 0.1) is 6.92 Å². The highest BCUT2D eigenvalue weighted by molar-refractivity contribution is 5.84. The van der Waals surface area contributed by atoms with Gasteiger partial charge in [0.05, 0.1) is 0 Å². The lowest BCUT2D eigenvalue weighted by atomic mass is 9.86. The second kappa shape index (κ2) is 6.12. The summed E-state index contributed by atoms with van der Waals surface area (Å²) in [6.07, 6.45) is 6.06. The van der Waals surface area contributed by atoms with Gasteiger partial charge < -0.3 is 0 Å². The van der Waals surface area contributed by atoms with E-state index in [9.17, 15) is 0 Å². The summed E-state index contributed by atoms with van der Waals surface area (Å²) in [6, 6.07) is 13.5. The average molecular weight is 290 g/mol. The van der Waals surface area contributed by atoms with E-state index >= 15 is 0 Å². The van der Waals surface area contributed by atoms with Gasteiger partial charge in [-0.1, -0.05) is 75.2 Å². The van der Waals surface area contributed by atoms with Gasteiger partial charge >= 0.3 is 0 Å². The lowest BCUT2D eigenvalue weighted by molar-refractivity contribution is 0.866. The molecule has 2 aromatic carbocycles. The molecule has 0 saturated heterocycles. The third-order valence-electron chi connectivity index (χ3n) is 4.74. The lowest BCUT2D eigenvalue weighted by Gasteiger charge is -2.18. The van der Waals surface area contributed by atoms with Gasteiger partial charge in [0.1, 0.15) is 0 Å². The van der Waals surface area contributed by atoms with Crippen molar-refractivity contribution in [2.45, 2.75) is 52.9 Å². The summed E-state index contributed by atoms with van der Waals surface area (Å²) >= 11 is 0. The number of hydrogen-bond donors (Lipinski definition) is 0. The van der Waals surface area contributed by atoms with Gasteiger partial charge in [-0.2, -0.15) is 0 Å². The first-order valence-electron chi connectivity index (χ1n) is 8.53. The first-order valence-corrected chi connectivity index (χ1v) is 8.53. The normalized spacial score (nSPS) is 13.4. The summed E-state index contributed by atoms with van der Waals surface area (Å²) in [4.78, 5) is 0. The number of allylic oxidation sites excluding steroid dienone is 1. The molecule has 1 aliphatic rings. The molecule has 0 fully saturated rings. The van der Waals surface area contributed by atoms with Crippen molar-refractivity contribution in [3.8, 4) is 11.1 Å². The van der Waals surface area contributed by atoms with Crippen molar-refractivity contribution in [1.29, 1.82) is 0 Å². The largest absolute Gasteiger partial charge is 0.0652 e. The Kier molecular flexibility index (Phi) is 4.20. The Balaban J connectivity index is 2.23. The molecule has 3 rings (SSSR count). The maximum absolute atomic E-state index is 2.46. The molecule has 0 N–H and O–H groups in total. The van der Waals surface area contributed by atoms with Crippen LogP contribution in [0.2, 0.25) is 0 Å². The van der Waals surface area contributed by atoms with Gasteiger partial charge in [-0.15, -0.1) is 0 Å². The summed E-state index contributed by atoms with van der Waals surface area (Å²) in [5.41, 5.74) is 10.3. The van der Waals surface area contributed by atoms with Crippen molar-refractivity contribution in [2.75, 3.05) is 0 Å². The minimum Gasteiger partial charge on any atom is -0.0652 e. The minimum absolute atomic E-state index is 0.545. The number of fused-ring (bicyclic) bond motifs is 1. The standard InChI is InChI=1S/C22H26/c1-5-8-17-13-18-11-12-19(15(2)3)22(21(18)14-17)20-10-7-6-9-16(20)4/h6-7,9-12,14-15H,5,8,13H2,1-4H3. The van der Waals surface area contributed by atoms with Gasteiger partial charge in [-0.05, 0) is 59.1 Å². The van der Waals surface area contributed by atoms with E-state index in [-0.39, 0.29) is 0 Å². The third-order valence-corrected chi connectivity index (χ3v) is 4.74. The van der Waals surface area contributed by atoms with Crippen molar-refractivity contribution in [3.05, 3.63) is 64.2 Å². The Bertz CT molecular complexity index is 717. The molecule has 0 heteroatoms. The summed E-state index contributed by atoms with van der Waals surface area (Å²) < 4.78 is 0. The third kappa shape index (κ3) is 2.63. The highest BCUT2D eigenvalue weighted by Gasteiger charge is 2.21. The molecule has 0 bridgehead atoms. The maximum atomic E-state index is 2.46. The Morgan fingerprint density at radius 3 is 2.50 bits per heavy atom. The molecule has 22 heavy (non-hydrogen) atoms. The highest BCUT2D eigenvalue weighted by atomic mass is 14.2. The Labute approximate surface area is 134 Å². The van der Waals surface area contributed by atoms with Crippen molar-refractivity contribution in [1.82, 2.24) is 0 Å². The minimum atomic E-state index is 0.545. The van der Waals surface area contributed by atoms with Gasteiger partial charge in [0.25, 0.3) is 0 Å². The predicted octanol–water partition coefficient (Wildman–Crippen LogP) is 6.53. The van der Waals surface area contributed by atoms with Crippen LogP contribution < -0.4 is 0 Å². The van der Waals surface area contributed by atoms with Gasteiger partial charge in [0, 0.05) is 0 Å². The molecule has 0 heterocycles. The molecule has 2 aromatic rings. The number of aryl methyl sites for hydroxylation is 1. The number of hydrogen-bond acceptors (Lipinski definition) is 0. The molecule has 1 aliphatic carbocycles. The zero-order valence-electron chi connectivity index (χ0n) is 14.2. The van der Waals surface area contributed by atoms with E-state index in [1.165, 1.54) is 46.2 Å². The highest BCUT2D eigenvalue weighted by Crippen LogP contribution is 2.41. The van der Waals surface area contributed by atoms with Crippen molar-refractivity contribution in [3.63, 3.8) is 0 Å². The van der Waals surface area contributed by atoms with Gasteiger partial charge in [-0.3, -0.25) is 0 Å². The molecule has 0 unspecified atom stereocenters. The molecular formula is C22H26. The maximum Gasteiger partial charge on any atom is -0.00576 e. The van der Waals surface area contributed by atoms with Gasteiger partial charge in [-0.25, -0.2) is 0 Å². The fraction of sp³-hybridized carbons (Fsp3) is 0.364. The molecule has 0 saturated carbocycles. The van der Waals surface area contributed by atoms with E-state index < -0.39 is 0 Å². The molecule has 0 nitrogen and oxygen atoms in total. The quantitative estimate of drug-likeness (QED) is 0.601. The fourth-order valence-corrected chi connectivity index (χ4v) is 3.62. The number of benzene rings is 2. The molecule has 0 radical (unpaired) electrons. The molecular weight excluding hydrogens is 264 g/mol. The Morgan fingerprint density at radius 1 is 1.05 bits per heavy atom. The van der Waals surface area contributed by atoms with E-state index in [1.54, 1.807) is 5.57 Å². The van der Waals surface area contributed by atoms with Crippen molar-refractivity contribution in [2.24, 2.45) is 0 Å². The molecule has 0 aromatic heterocycles. The molecule has 0 spiro atoms. The van der Waals surface area contributed by atoms with Gasteiger partial charge in [0.2, 0.25) is 0 Å². The monoisotopic (exact) mass is 290 g/mol. The molecule has 0 atom stereocenters. The second-order valence-corrected chi connectivity index (χ2v) is 6.80. The zero-order valence-corrected chi connectivity index (χ0v) is 14.2. The van der Waals surface area contributed by atoms with E-state index in [0.717, 1.165) is 6.42 Å². The van der Waals surface area contributed by atoms with E-state index in [4.69, 9.17) is 0 Å². The van der Waals surface area contributed by atoms with Crippen LogP contribution in [0.25, 0.3) is 17.2 Å². The van der Waals surface area contributed by atoms with E-state index in [1.807, 2.05) is 0 Å². The fourth-order valence-electron chi connectivity index (χ4n) is 3.62. The lowest BCUT2D eigenvalue weighted by Crippen LogP contribution is -1.98. The summed E-state index contributed by atoms with van der Waals surface area (Å²) in [7, 11) is 0. The van der Waals surface area contributed by atoms with Gasteiger partial charge in [0.15, 0.2) is 0 Å². The Hall–Kier alpha value is -1.82. The van der Waals surface area contributed by atoms with Crippen LogP contribution >= 0.6 is 0 Å². The molecule has 114 valence electrons. The SMILES string of the molecule is CCCC1=Cc2c(ccc(C(C)C)c2-c2ccccc2C)C1. The van der Waals surface area contributed by atoms with Crippen LogP contribution in [0.3, 0.4) is 0 Å². The van der Waals surface area contributed by atoms with Crippen LogP contribution in [-0.4, -0.2) is 0 Å². The van der Waals surface area contributed by atoms with E-state index in [0.29, 0.717) is 5.92 Å².